The fourth-order valence-corrected chi connectivity index (χ4v) is 4.05. The lowest BCUT2D eigenvalue weighted by Gasteiger charge is -2.11. The van der Waals surface area contributed by atoms with Crippen molar-refractivity contribution in [2.24, 2.45) is 0 Å². The van der Waals surface area contributed by atoms with Gasteiger partial charge in [0.05, 0.1) is 11.5 Å². The lowest BCUT2D eigenvalue weighted by atomic mass is 10.2. The molecule has 4 rings (SSSR count). The number of carbonyl (C=O) groups is 1. The standard InChI is InChI=1S/C23H18F2N6O3S/c24-16-6-4-15(5-7-16)14-35-23-29-28-21(30(23)19-8-10-20(11-9-19)31(33)34)13-26-22(32)27-18-3-1-2-17(25)12-18/h1-12H,13-14H2,(H2,26,27,32). The normalized spacial score (nSPS) is 10.7. The number of nitro benzene ring substituents is 1. The number of anilines is 1. The first-order chi connectivity index (χ1) is 16.9. The molecule has 0 radical (unpaired) electrons. The quantitative estimate of drug-likeness (QED) is 0.200. The van der Waals surface area contributed by atoms with Gasteiger partial charge < -0.3 is 10.6 Å². The summed E-state index contributed by atoms with van der Waals surface area (Å²) in [5.41, 5.74) is 1.64. The van der Waals surface area contributed by atoms with E-state index in [2.05, 4.69) is 20.8 Å². The van der Waals surface area contributed by atoms with Crippen LogP contribution in [0.4, 0.5) is 25.0 Å². The molecule has 0 spiro atoms. The Morgan fingerprint density at radius 2 is 1.74 bits per heavy atom. The summed E-state index contributed by atoms with van der Waals surface area (Å²) in [5, 5.41) is 25.1. The van der Waals surface area contributed by atoms with Crippen molar-refractivity contribution in [3.05, 3.63) is 106 Å². The zero-order valence-electron chi connectivity index (χ0n) is 18.0. The number of nitrogens with zero attached hydrogens (tertiary/aromatic N) is 4. The van der Waals surface area contributed by atoms with Crippen LogP contribution in [0.2, 0.25) is 0 Å². The van der Waals surface area contributed by atoms with Crippen molar-refractivity contribution in [3.8, 4) is 5.69 Å². The van der Waals surface area contributed by atoms with Gasteiger partial charge in [0.15, 0.2) is 11.0 Å². The number of nitrogens with one attached hydrogen (secondary N) is 2. The number of hydrogen-bond acceptors (Lipinski definition) is 6. The van der Waals surface area contributed by atoms with Crippen LogP contribution in [0, 0.1) is 21.7 Å². The minimum Gasteiger partial charge on any atom is -0.331 e. The summed E-state index contributed by atoms with van der Waals surface area (Å²) >= 11 is 1.33. The van der Waals surface area contributed by atoms with E-state index in [9.17, 15) is 23.7 Å². The van der Waals surface area contributed by atoms with Gasteiger partial charge in [-0.1, -0.05) is 30.0 Å². The number of non-ortho nitro benzene ring substituents is 1. The largest absolute Gasteiger partial charge is 0.331 e. The van der Waals surface area contributed by atoms with Gasteiger partial charge in [0.1, 0.15) is 11.6 Å². The first-order valence-electron chi connectivity index (χ1n) is 10.3. The number of urea groups is 1. The van der Waals surface area contributed by atoms with Crippen molar-refractivity contribution < 1.29 is 18.5 Å². The summed E-state index contributed by atoms with van der Waals surface area (Å²) in [5.74, 6) is 0.0230. The van der Waals surface area contributed by atoms with E-state index < -0.39 is 16.8 Å². The summed E-state index contributed by atoms with van der Waals surface area (Å²) < 4.78 is 28.2. The molecular formula is C23H18F2N6O3S. The first-order valence-corrected chi connectivity index (χ1v) is 11.2. The van der Waals surface area contributed by atoms with Crippen molar-refractivity contribution in [2.45, 2.75) is 17.5 Å². The lowest BCUT2D eigenvalue weighted by Crippen LogP contribution is -2.29. The number of amides is 2. The Morgan fingerprint density at radius 3 is 2.43 bits per heavy atom. The van der Waals surface area contributed by atoms with E-state index in [0.29, 0.717) is 22.4 Å². The average molecular weight is 496 g/mol. The summed E-state index contributed by atoms with van der Waals surface area (Å²) in [7, 11) is 0. The van der Waals surface area contributed by atoms with Crippen LogP contribution in [0.3, 0.4) is 0 Å². The smallest absolute Gasteiger partial charge is 0.319 e. The van der Waals surface area contributed by atoms with E-state index in [0.717, 1.165) is 5.56 Å². The average Bonchev–Trinajstić information content (AvgIpc) is 3.25. The maximum Gasteiger partial charge on any atom is 0.319 e. The number of nitro groups is 1. The molecule has 35 heavy (non-hydrogen) atoms. The molecule has 1 aromatic heterocycles. The van der Waals surface area contributed by atoms with E-state index in [1.54, 1.807) is 34.9 Å². The molecule has 9 nitrogen and oxygen atoms in total. The van der Waals surface area contributed by atoms with E-state index in [1.807, 2.05) is 0 Å². The SMILES string of the molecule is O=C(NCc1nnc(SCc2ccc(F)cc2)n1-c1ccc([N+](=O)[O-])cc1)Nc1cccc(F)c1. The predicted octanol–water partition coefficient (Wildman–Crippen LogP) is 5.07. The van der Waals surface area contributed by atoms with Crippen molar-refractivity contribution >= 4 is 29.2 Å². The van der Waals surface area contributed by atoms with Crippen LogP contribution in [-0.2, 0) is 12.3 Å². The van der Waals surface area contributed by atoms with E-state index >= 15 is 0 Å². The Balaban J connectivity index is 1.54. The van der Waals surface area contributed by atoms with Gasteiger partial charge in [-0.25, -0.2) is 13.6 Å². The molecule has 0 aliphatic rings. The Labute approximate surface area is 202 Å². The molecule has 0 fully saturated rings. The number of aromatic nitrogens is 3. The highest BCUT2D eigenvalue weighted by molar-refractivity contribution is 7.98. The molecule has 0 saturated carbocycles. The van der Waals surface area contributed by atoms with Crippen LogP contribution >= 0.6 is 11.8 Å². The number of halogens is 2. The van der Waals surface area contributed by atoms with Gasteiger partial charge in [-0.3, -0.25) is 14.7 Å². The van der Waals surface area contributed by atoms with Gasteiger partial charge in [0.25, 0.3) is 5.69 Å². The third kappa shape index (κ3) is 6.18. The fourth-order valence-electron chi connectivity index (χ4n) is 3.12. The molecule has 0 aliphatic carbocycles. The second-order valence-electron chi connectivity index (χ2n) is 7.24. The minimum atomic E-state index is -0.575. The fraction of sp³-hybridized carbons (Fsp3) is 0.0870. The van der Waals surface area contributed by atoms with Crippen molar-refractivity contribution in [3.63, 3.8) is 0 Å². The van der Waals surface area contributed by atoms with Gasteiger partial charge in [-0.15, -0.1) is 10.2 Å². The Hall–Kier alpha value is -4.32. The van der Waals surface area contributed by atoms with E-state index in [1.165, 1.54) is 54.2 Å². The summed E-state index contributed by atoms with van der Waals surface area (Å²) in [6.45, 7) is -0.0256. The highest BCUT2D eigenvalue weighted by Gasteiger charge is 2.17. The van der Waals surface area contributed by atoms with E-state index in [4.69, 9.17) is 0 Å². The number of thioether (sulfide) groups is 1. The molecule has 0 unspecified atom stereocenters. The van der Waals surface area contributed by atoms with Crippen LogP contribution in [0.15, 0.2) is 78.0 Å². The molecule has 0 bridgehead atoms. The maximum atomic E-state index is 13.3. The van der Waals surface area contributed by atoms with Gasteiger partial charge in [-0.05, 0) is 48.0 Å². The third-order valence-electron chi connectivity index (χ3n) is 4.79. The highest BCUT2D eigenvalue weighted by Crippen LogP contribution is 2.26. The van der Waals surface area contributed by atoms with Crippen molar-refractivity contribution in [1.29, 1.82) is 0 Å². The van der Waals surface area contributed by atoms with E-state index in [-0.39, 0.29) is 23.7 Å². The molecule has 0 saturated heterocycles. The molecule has 0 atom stereocenters. The van der Waals surface area contributed by atoms with Crippen molar-refractivity contribution in [2.75, 3.05) is 5.32 Å². The van der Waals surface area contributed by atoms with Crippen LogP contribution in [0.5, 0.6) is 0 Å². The third-order valence-corrected chi connectivity index (χ3v) is 5.79. The van der Waals surface area contributed by atoms with Crippen LogP contribution in [0.1, 0.15) is 11.4 Å². The van der Waals surface area contributed by atoms with Gasteiger partial charge >= 0.3 is 6.03 Å². The lowest BCUT2D eigenvalue weighted by molar-refractivity contribution is -0.384. The molecule has 12 heteroatoms. The monoisotopic (exact) mass is 496 g/mol. The number of benzene rings is 3. The predicted molar refractivity (Wildman–Crippen MR) is 126 cm³/mol. The second kappa shape index (κ2) is 10.7. The number of hydrogen-bond donors (Lipinski definition) is 2. The molecule has 2 N–H and O–H groups in total. The minimum absolute atomic E-state index is 0.0256. The maximum absolute atomic E-state index is 13.3. The second-order valence-corrected chi connectivity index (χ2v) is 8.18. The molecule has 0 aliphatic heterocycles. The summed E-state index contributed by atoms with van der Waals surface area (Å²) in [6, 6.07) is 16.8. The molecule has 178 valence electrons. The van der Waals surface area contributed by atoms with Crippen LogP contribution in [-0.4, -0.2) is 25.7 Å². The first kappa shape index (κ1) is 23.8. The molecule has 4 aromatic rings. The Kier molecular flexibility index (Phi) is 7.31. The zero-order valence-corrected chi connectivity index (χ0v) is 18.8. The van der Waals surface area contributed by atoms with Crippen molar-refractivity contribution in [1.82, 2.24) is 20.1 Å². The zero-order chi connectivity index (χ0) is 24.8. The van der Waals surface area contributed by atoms with Gasteiger partial charge in [0, 0.05) is 29.3 Å². The number of rotatable bonds is 8. The highest BCUT2D eigenvalue weighted by atomic mass is 32.2. The summed E-state index contributed by atoms with van der Waals surface area (Å²) in [6.07, 6.45) is 0. The topological polar surface area (TPSA) is 115 Å². The summed E-state index contributed by atoms with van der Waals surface area (Å²) in [4.78, 5) is 22.8. The Bertz CT molecular complexity index is 1350. The van der Waals surface area contributed by atoms with Crippen LogP contribution < -0.4 is 10.6 Å². The van der Waals surface area contributed by atoms with Gasteiger partial charge in [0.2, 0.25) is 0 Å². The number of carbonyl (C=O) groups excluding carboxylic acids is 1. The molecule has 3 aromatic carbocycles. The Morgan fingerprint density at radius 1 is 1.00 bits per heavy atom. The van der Waals surface area contributed by atoms with Gasteiger partial charge in [-0.2, -0.15) is 0 Å². The molecule has 2 amide bonds. The van der Waals surface area contributed by atoms with Crippen LogP contribution in [0.25, 0.3) is 5.69 Å². The molecule has 1 heterocycles. The molecular weight excluding hydrogens is 478 g/mol.